The van der Waals surface area contributed by atoms with Gasteiger partial charge in [0.25, 0.3) is 0 Å². The molecule has 1 fully saturated rings. The zero-order valence-corrected chi connectivity index (χ0v) is 17.3. The van der Waals surface area contributed by atoms with Crippen molar-refractivity contribution in [1.29, 1.82) is 0 Å². The van der Waals surface area contributed by atoms with Crippen molar-refractivity contribution in [2.24, 2.45) is 0 Å². The molecule has 1 aliphatic heterocycles. The number of nitrogens with zero attached hydrogens (tertiary/aromatic N) is 2. The fourth-order valence-corrected chi connectivity index (χ4v) is 4.31. The molecule has 0 spiro atoms. The van der Waals surface area contributed by atoms with Crippen LogP contribution in [0.1, 0.15) is 22.3 Å². The second-order valence-corrected chi connectivity index (χ2v) is 8.11. The SMILES string of the molecule is Cc1cc(C)c2c(CN3CCN(c4cccc(Cl)c4)CC3)cc(=O)oc2c1C. The van der Waals surface area contributed by atoms with Gasteiger partial charge in [0.2, 0.25) is 0 Å². The van der Waals surface area contributed by atoms with E-state index in [2.05, 4.69) is 35.8 Å². The lowest BCUT2D eigenvalue weighted by Gasteiger charge is -2.36. The molecule has 1 aliphatic rings. The van der Waals surface area contributed by atoms with Crippen LogP contribution < -0.4 is 10.5 Å². The fourth-order valence-electron chi connectivity index (χ4n) is 4.12. The Morgan fingerprint density at radius 2 is 1.75 bits per heavy atom. The summed E-state index contributed by atoms with van der Waals surface area (Å²) in [5.41, 5.74) is 6.05. The van der Waals surface area contributed by atoms with E-state index in [0.717, 1.165) is 71.0 Å². The van der Waals surface area contributed by atoms with Crippen LogP contribution in [0.5, 0.6) is 0 Å². The Morgan fingerprint density at radius 3 is 2.46 bits per heavy atom. The molecule has 28 heavy (non-hydrogen) atoms. The molecule has 0 bridgehead atoms. The van der Waals surface area contributed by atoms with E-state index in [1.807, 2.05) is 25.1 Å². The minimum absolute atomic E-state index is 0.270. The average molecular weight is 397 g/mol. The number of anilines is 1. The van der Waals surface area contributed by atoms with Crippen LogP contribution in [0.25, 0.3) is 11.0 Å². The maximum atomic E-state index is 12.2. The maximum absolute atomic E-state index is 12.2. The number of fused-ring (bicyclic) bond motifs is 1. The van der Waals surface area contributed by atoms with Crippen molar-refractivity contribution in [1.82, 2.24) is 4.90 Å². The number of hydrogen-bond acceptors (Lipinski definition) is 4. The molecule has 0 unspecified atom stereocenters. The van der Waals surface area contributed by atoms with Gasteiger partial charge in [0, 0.05) is 54.9 Å². The Hall–Kier alpha value is -2.30. The second kappa shape index (κ2) is 7.61. The van der Waals surface area contributed by atoms with Gasteiger partial charge in [0.1, 0.15) is 5.58 Å². The highest BCUT2D eigenvalue weighted by Gasteiger charge is 2.20. The van der Waals surface area contributed by atoms with E-state index in [1.165, 1.54) is 5.69 Å². The highest BCUT2D eigenvalue weighted by Crippen LogP contribution is 2.28. The molecule has 2 heterocycles. The first-order chi connectivity index (χ1) is 13.4. The van der Waals surface area contributed by atoms with E-state index in [-0.39, 0.29) is 5.63 Å². The predicted molar refractivity (Wildman–Crippen MR) is 116 cm³/mol. The first-order valence-corrected chi connectivity index (χ1v) is 10.1. The average Bonchev–Trinajstić information content (AvgIpc) is 2.66. The summed E-state index contributed by atoms with van der Waals surface area (Å²) in [6.07, 6.45) is 0. The third-order valence-electron chi connectivity index (χ3n) is 5.74. The molecule has 4 nitrogen and oxygen atoms in total. The number of piperazine rings is 1. The molecular weight excluding hydrogens is 372 g/mol. The van der Waals surface area contributed by atoms with E-state index in [1.54, 1.807) is 6.07 Å². The Morgan fingerprint density at radius 1 is 1.00 bits per heavy atom. The van der Waals surface area contributed by atoms with Crippen LogP contribution >= 0.6 is 11.6 Å². The normalized spacial score (nSPS) is 15.4. The van der Waals surface area contributed by atoms with Crippen LogP contribution in [-0.2, 0) is 6.54 Å². The van der Waals surface area contributed by atoms with E-state index < -0.39 is 0 Å². The summed E-state index contributed by atoms with van der Waals surface area (Å²) in [4.78, 5) is 17.0. The summed E-state index contributed by atoms with van der Waals surface area (Å²) in [5.74, 6) is 0. The van der Waals surface area contributed by atoms with Gasteiger partial charge in [-0.15, -0.1) is 0 Å². The molecular formula is C23H25ClN2O2. The molecule has 146 valence electrons. The van der Waals surface area contributed by atoms with Gasteiger partial charge in [-0.1, -0.05) is 23.7 Å². The van der Waals surface area contributed by atoms with E-state index in [0.29, 0.717) is 0 Å². The zero-order chi connectivity index (χ0) is 19.8. The van der Waals surface area contributed by atoms with Crippen LogP contribution in [0.2, 0.25) is 5.02 Å². The highest BCUT2D eigenvalue weighted by atomic mass is 35.5. The monoisotopic (exact) mass is 396 g/mol. The minimum Gasteiger partial charge on any atom is -0.422 e. The first-order valence-electron chi connectivity index (χ1n) is 9.69. The van der Waals surface area contributed by atoms with E-state index in [9.17, 15) is 4.79 Å². The van der Waals surface area contributed by atoms with Crippen LogP contribution in [0.3, 0.4) is 0 Å². The van der Waals surface area contributed by atoms with Gasteiger partial charge in [-0.25, -0.2) is 4.79 Å². The molecule has 0 N–H and O–H groups in total. The third kappa shape index (κ3) is 3.67. The van der Waals surface area contributed by atoms with Gasteiger partial charge in [0.05, 0.1) is 0 Å². The first kappa shape index (κ1) is 19.0. The van der Waals surface area contributed by atoms with Gasteiger partial charge in [-0.05, 0) is 61.2 Å². The van der Waals surface area contributed by atoms with Crippen molar-refractivity contribution in [3.8, 4) is 0 Å². The van der Waals surface area contributed by atoms with Gasteiger partial charge in [0.15, 0.2) is 0 Å². The topological polar surface area (TPSA) is 36.7 Å². The second-order valence-electron chi connectivity index (χ2n) is 7.67. The van der Waals surface area contributed by atoms with E-state index in [4.69, 9.17) is 16.0 Å². The molecule has 0 saturated carbocycles. The molecule has 1 aromatic heterocycles. The summed E-state index contributed by atoms with van der Waals surface area (Å²) < 4.78 is 5.58. The van der Waals surface area contributed by atoms with Crippen molar-refractivity contribution >= 4 is 28.3 Å². The van der Waals surface area contributed by atoms with Gasteiger partial charge in [-0.2, -0.15) is 0 Å². The van der Waals surface area contributed by atoms with Crippen molar-refractivity contribution in [2.75, 3.05) is 31.1 Å². The van der Waals surface area contributed by atoms with Crippen LogP contribution in [0.15, 0.2) is 45.6 Å². The van der Waals surface area contributed by atoms with Crippen LogP contribution in [0.4, 0.5) is 5.69 Å². The molecule has 0 radical (unpaired) electrons. The minimum atomic E-state index is -0.270. The predicted octanol–water partition coefficient (Wildman–Crippen LogP) is 4.69. The lowest BCUT2D eigenvalue weighted by atomic mass is 9.98. The van der Waals surface area contributed by atoms with E-state index >= 15 is 0 Å². The Labute approximate surface area is 170 Å². The quantitative estimate of drug-likeness (QED) is 0.601. The number of benzene rings is 2. The number of aryl methyl sites for hydroxylation is 3. The molecule has 4 rings (SSSR count). The lowest BCUT2D eigenvalue weighted by Crippen LogP contribution is -2.46. The van der Waals surface area contributed by atoms with Crippen molar-refractivity contribution in [3.05, 3.63) is 74.1 Å². The molecule has 0 aliphatic carbocycles. The van der Waals surface area contributed by atoms with Crippen molar-refractivity contribution < 1.29 is 4.42 Å². The Bertz CT molecular complexity index is 1080. The zero-order valence-electron chi connectivity index (χ0n) is 16.6. The highest BCUT2D eigenvalue weighted by molar-refractivity contribution is 6.30. The summed E-state index contributed by atoms with van der Waals surface area (Å²) in [7, 11) is 0. The smallest absolute Gasteiger partial charge is 0.336 e. The third-order valence-corrected chi connectivity index (χ3v) is 5.98. The number of rotatable bonds is 3. The molecule has 2 aromatic carbocycles. The summed E-state index contributed by atoms with van der Waals surface area (Å²) in [6, 6.07) is 11.9. The molecule has 3 aromatic rings. The Kier molecular flexibility index (Phi) is 5.17. The largest absolute Gasteiger partial charge is 0.422 e. The lowest BCUT2D eigenvalue weighted by molar-refractivity contribution is 0.250. The van der Waals surface area contributed by atoms with Crippen molar-refractivity contribution in [2.45, 2.75) is 27.3 Å². The summed E-state index contributed by atoms with van der Waals surface area (Å²) >= 11 is 6.13. The standard InChI is InChI=1S/C23H25ClN2O2/c1-15-11-16(2)22-18(12-21(27)28-23(22)17(15)3)14-25-7-9-26(10-8-25)20-6-4-5-19(24)13-20/h4-6,11-13H,7-10,14H2,1-3H3. The fraction of sp³-hybridized carbons (Fsp3) is 0.348. The maximum Gasteiger partial charge on any atom is 0.336 e. The molecule has 5 heteroatoms. The van der Waals surface area contributed by atoms with Gasteiger partial charge < -0.3 is 9.32 Å². The number of halogens is 1. The molecule has 0 amide bonds. The van der Waals surface area contributed by atoms with Gasteiger partial charge >= 0.3 is 5.63 Å². The van der Waals surface area contributed by atoms with Gasteiger partial charge in [-0.3, -0.25) is 4.90 Å². The van der Waals surface area contributed by atoms with Crippen LogP contribution in [0, 0.1) is 20.8 Å². The Balaban J connectivity index is 1.57. The number of hydrogen-bond donors (Lipinski definition) is 0. The molecule has 1 saturated heterocycles. The van der Waals surface area contributed by atoms with Crippen LogP contribution in [-0.4, -0.2) is 31.1 Å². The summed E-state index contributed by atoms with van der Waals surface area (Å²) in [5, 5.41) is 1.85. The summed E-state index contributed by atoms with van der Waals surface area (Å²) in [6.45, 7) is 10.7. The van der Waals surface area contributed by atoms with Crippen molar-refractivity contribution in [3.63, 3.8) is 0 Å². The molecule has 0 atom stereocenters.